The molecule has 0 fully saturated rings. The van der Waals surface area contributed by atoms with Gasteiger partial charge >= 0.3 is 6.18 Å². The highest BCUT2D eigenvalue weighted by Crippen LogP contribution is 2.39. The number of hydrogen-bond acceptors (Lipinski definition) is 1. The second kappa shape index (κ2) is 9.95. The normalized spacial score (nSPS) is 12.1. The van der Waals surface area contributed by atoms with Gasteiger partial charge in [0.25, 0.3) is 0 Å². The van der Waals surface area contributed by atoms with Crippen molar-refractivity contribution in [3.8, 4) is 11.3 Å². The van der Waals surface area contributed by atoms with E-state index in [2.05, 4.69) is 5.10 Å². The molecule has 0 spiro atoms. The minimum absolute atomic E-state index is 0.0721. The zero-order chi connectivity index (χ0) is 29.1. The van der Waals surface area contributed by atoms with Crippen molar-refractivity contribution in [1.82, 2.24) is 14.3 Å². The molecule has 2 heterocycles. The van der Waals surface area contributed by atoms with Crippen LogP contribution in [0.3, 0.4) is 0 Å². The summed E-state index contributed by atoms with van der Waals surface area (Å²) in [7, 11) is 0. The zero-order valence-electron chi connectivity index (χ0n) is 20.8. The second-order valence-electron chi connectivity index (χ2n) is 9.47. The summed E-state index contributed by atoms with van der Waals surface area (Å²) in [4.78, 5) is 0. The Hall–Kier alpha value is -4.31. The highest BCUT2D eigenvalue weighted by atomic mass is 35.5. The molecule has 6 rings (SSSR count). The van der Waals surface area contributed by atoms with Gasteiger partial charge in [-0.3, -0.25) is 4.68 Å². The minimum atomic E-state index is -4.75. The van der Waals surface area contributed by atoms with E-state index >= 15 is 0 Å². The third-order valence-corrected chi connectivity index (χ3v) is 7.28. The molecule has 11 heteroatoms. The molecule has 0 atom stereocenters. The molecule has 6 aromatic rings. The predicted molar refractivity (Wildman–Crippen MR) is 142 cm³/mol. The Morgan fingerprint density at radius 3 is 2.20 bits per heavy atom. The van der Waals surface area contributed by atoms with Crippen LogP contribution in [0.2, 0.25) is 5.02 Å². The molecule has 0 aliphatic rings. The topological polar surface area (TPSA) is 22.8 Å². The minimum Gasteiger partial charge on any atom is -0.343 e. The quantitative estimate of drug-likeness (QED) is 0.185. The van der Waals surface area contributed by atoms with E-state index in [0.29, 0.717) is 23.2 Å². The molecule has 0 radical (unpaired) electrons. The van der Waals surface area contributed by atoms with Crippen molar-refractivity contribution in [2.45, 2.75) is 19.3 Å². The maximum atomic E-state index is 14.6. The van der Waals surface area contributed by atoms with Gasteiger partial charge in [-0.15, -0.1) is 0 Å². The Morgan fingerprint density at radius 2 is 1.49 bits per heavy atom. The maximum Gasteiger partial charge on any atom is 0.418 e. The van der Waals surface area contributed by atoms with Crippen LogP contribution in [0.1, 0.15) is 16.7 Å². The van der Waals surface area contributed by atoms with Crippen LogP contribution >= 0.6 is 11.6 Å². The first-order chi connectivity index (χ1) is 19.5. The number of benzene rings is 4. The van der Waals surface area contributed by atoms with Gasteiger partial charge in [-0.1, -0.05) is 41.9 Å². The van der Waals surface area contributed by atoms with Crippen molar-refractivity contribution in [2.75, 3.05) is 0 Å². The molecule has 0 aliphatic carbocycles. The van der Waals surface area contributed by atoms with Gasteiger partial charge in [0.1, 0.15) is 28.8 Å². The van der Waals surface area contributed by atoms with E-state index in [4.69, 9.17) is 11.6 Å². The summed E-state index contributed by atoms with van der Waals surface area (Å²) >= 11 is 6.22. The summed E-state index contributed by atoms with van der Waals surface area (Å²) in [6.07, 6.45) is -3.03. The largest absolute Gasteiger partial charge is 0.418 e. The lowest BCUT2D eigenvalue weighted by Crippen LogP contribution is -2.09. The van der Waals surface area contributed by atoms with Crippen molar-refractivity contribution in [3.05, 3.63) is 124 Å². The van der Waals surface area contributed by atoms with Crippen molar-refractivity contribution >= 4 is 33.4 Å². The number of rotatable bonds is 5. The third-order valence-electron chi connectivity index (χ3n) is 6.93. The first kappa shape index (κ1) is 26.9. The smallest absolute Gasteiger partial charge is 0.343 e. The first-order valence-corrected chi connectivity index (χ1v) is 12.6. The summed E-state index contributed by atoms with van der Waals surface area (Å²) in [6, 6.07) is 15.7. The third kappa shape index (κ3) is 4.82. The van der Waals surface area contributed by atoms with E-state index in [1.54, 1.807) is 41.1 Å². The van der Waals surface area contributed by atoms with Crippen LogP contribution in [0, 0.1) is 23.3 Å². The average molecular weight is 588 g/mol. The van der Waals surface area contributed by atoms with E-state index in [9.17, 15) is 30.7 Å². The molecule has 0 bridgehead atoms. The molecular formula is C30H17ClF7N3. The molecule has 0 saturated heterocycles. The van der Waals surface area contributed by atoms with Crippen LogP contribution in [0.5, 0.6) is 0 Å². The first-order valence-electron chi connectivity index (χ1n) is 12.2. The van der Waals surface area contributed by atoms with Gasteiger partial charge in [-0.2, -0.15) is 18.3 Å². The lowest BCUT2D eigenvalue weighted by atomic mass is 10.0. The van der Waals surface area contributed by atoms with E-state index in [-0.39, 0.29) is 28.2 Å². The number of hydrogen-bond donors (Lipinski definition) is 0. The van der Waals surface area contributed by atoms with Crippen molar-refractivity contribution in [1.29, 1.82) is 0 Å². The Morgan fingerprint density at radius 1 is 0.756 bits per heavy atom. The molecule has 41 heavy (non-hydrogen) atoms. The Balaban J connectivity index is 1.56. The Kier molecular flexibility index (Phi) is 6.53. The lowest BCUT2D eigenvalue weighted by molar-refractivity contribution is -0.136. The van der Waals surface area contributed by atoms with E-state index in [1.807, 2.05) is 0 Å². The number of fused-ring (bicyclic) bond motifs is 2. The molecular weight excluding hydrogens is 571 g/mol. The number of nitrogens with zero attached hydrogens (tertiary/aromatic N) is 3. The summed E-state index contributed by atoms with van der Waals surface area (Å²) in [5.74, 6) is -4.02. The van der Waals surface area contributed by atoms with Crippen LogP contribution in [0.15, 0.2) is 79.0 Å². The monoisotopic (exact) mass is 587 g/mol. The summed E-state index contributed by atoms with van der Waals surface area (Å²) in [5.41, 5.74) is -0.582. The molecule has 0 unspecified atom stereocenters. The van der Waals surface area contributed by atoms with E-state index < -0.39 is 52.6 Å². The second-order valence-corrected chi connectivity index (χ2v) is 9.88. The van der Waals surface area contributed by atoms with Gasteiger partial charge in [-0.25, -0.2) is 17.6 Å². The SMILES string of the molecule is Fc1cc(F)c(Cn2nc3c(C(F)(F)F)cccc3c2-c2ccc3ccn(Cc4c(F)cccc4Cl)c3c2)c(F)c1. The number of alkyl halides is 3. The molecule has 4 aromatic carbocycles. The molecule has 0 N–H and O–H groups in total. The molecule has 2 aromatic heterocycles. The maximum absolute atomic E-state index is 14.6. The fourth-order valence-corrected chi connectivity index (χ4v) is 5.22. The molecule has 3 nitrogen and oxygen atoms in total. The van der Waals surface area contributed by atoms with Crippen LogP contribution in [-0.4, -0.2) is 14.3 Å². The van der Waals surface area contributed by atoms with Crippen LogP contribution in [0.25, 0.3) is 33.1 Å². The predicted octanol–water partition coefficient (Wildman–Crippen LogP) is 8.98. The fraction of sp³-hybridized carbons (Fsp3) is 0.100. The van der Waals surface area contributed by atoms with Gasteiger partial charge in [0.05, 0.1) is 24.3 Å². The summed E-state index contributed by atoms with van der Waals surface area (Å²) in [6.45, 7) is -0.536. The van der Waals surface area contributed by atoms with Crippen molar-refractivity contribution in [2.24, 2.45) is 0 Å². The Labute approximate surface area is 233 Å². The van der Waals surface area contributed by atoms with Crippen LogP contribution < -0.4 is 0 Å². The summed E-state index contributed by atoms with van der Waals surface area (Å²) < 4.78 is 102. The summed E-state index contributed by atoms with van der Waals surface area (Å²) in [5, 5.41) is 5.21. The van der Waals surface area contributed by atoms with E-state index in [1.165, 1.54) is 24.3 Å². The van der Waals surface area contributed by atoms with Crippen LogP contribution in [0.4, 0.5) is 30.7 Å². The zero-order valence-corrected chi connectivity index (χ0v) is 21.5. The number of aromatic nitrogens is 3. The van der Waals surface area contributed by atoms with Gasteiger partial charge < -0.3 is 4.57 Å². The fourth-order valence-electron chi connectivity index (χ4n) is 5.00. The van der Waals surface area contributed by atoms with Crippen LogP contribution in [-0.2, 0) is 19.3 Å². The van der Waals surface area contributed by atoms with E-state index in [0.717, 1.165) is 16.1 Å². The highest BCUT2D eigenvalue weighted by Gasteiger charge is 2.35. The molecule has 0 amide bonds. The van der Waals surface area contributed by atoms with Crippen molar-refractivity contribution in [3.63, 3.8) is 0 Å². The van der Waals surface area contributed by atoms with Gasteiger partial charge in [-0.05, 0) is 35.7 Å². The molecule has 208 valence electrons. The average Bonchev–Trinajstić information content (AvgIpc) is 3.48. The van der Waals surface area contributed by atoms with Gasteiger partial charge in [0, 0.05) is 50.9 Å². The Bertz CT molecular complexity index is 1910. The van der Waals surface area contributed by atoms with Crippen molar-refractivity contribution < 1.29 is 30.7 Å². The van der Waals surface area contributed by atoms with Gasteiger partial charge in [0.2, 0.25) is 0 Å². The van der Waals surface area contributed by atoms with Gasteiger partial charge in [0.15, 0.2) is 0 Å². The number of halogens is 8. The highest BCUT2D eigenvalue weighted by molar-refractivity contribution is 6.31. The molecule has 0 saturated carbocycles. The molecule has 0 aliphatic heterocycles. The standard InChI is InChI=1S/C30H17ClF7N3/c31-23-5-2-6-24(33)20(23)14-40-10-9-16-7-8-17(11-27(16)40)29-19-3-1-4-22(30(36,37)38)28(19)39-41(29)15-21-25(34)12-18(32)13-26(21)35/h1-13H,14-15H2. The lowest BCUT2D eigenvalue weighted by Gasteiger charge is -2.12.